The molecule has 0 aliphatic rings. The molecule has 0 aliphatic carbocycles. The van der Waals surface area contributed by atoms with Crippen molar-refractivity contribution in [1.29, 1.82) is 0 Å². The van der Waals surface area contributed by atoms with E-state index in [0.717, 1.165) is 24.1 Å². The quantitative estimate of drug-likeness (QED) is 0.640. The number of H-pyrrole nitrogens is 1. The smallest absolute Gasteiger partial charge is 0.120 e. The Hall–Kier alpha value is -1.96. The van der Waals surface area contributed by atoms with Gasteiger partial charge in [-0.1, -0.05) is 33.8 Å². The zero-order valence-corrected chi connectivity index (χ0v) is 14.9. The van der Waals surface area contributed by atoms with Crippen LogP contribution in [0.15, 0.2) is 30.3 Å². The zero-order valence-electron chi connectivity index (χ0n) is 14.9. The van der Waals surface area contributed by atoms with Crippen LogP contribution in [0.4, 0.5) is 0 Å². The van der Waals surface area contributed by atoms with Crippen molar-refractivity contribution in [3.63, 3.8) is 0 Å². The molecule has 0 aliphatic heterocycles. The number of benzene rings is 2. The van der Waals surface area contributed by atoms with Crippen LogP contribution in [-0.2, 0) is 12.8 Å². The minimum atomic E-state index is 0.648. The summed E-state index contributed by atoms with van der Waals surface area (Å²) in [4.78, 5) is 3.57. The van der Waals surface area contributed by atoms with Crippen LogP contribution in [-0.4, -0.2) is 12.1 Å². The molecule has 23 heavy (non-hydrogen) atoms. The van der Waals surface area contributed by atoms with Gasteiger partial charge < -0.3 is 9.72 Å². The maximum Gasteiger partial charge on any atom is 0.120 e. The van der Waals surface area contributed by atoms with Crippen molar-refractivity contribution in [2.75, 3.05) is 7.11 Å². The van der Waals surface area contributed by atoms with E-state index in [-0.39, 0.29) is 0 Å². The van der Waals surface area contributed by atoms with E-state index in [2.05, 4.69) is 63.0 Å². The van der Waals surface area contributed by atoms with Crippen LogP contribution < -0.4 is 4.74 Å². The Labute approximate surface area is 138 Å². The van der Waals surface area contributed by atoms with Crippen molar-refractivity contribution in [3.05, 3.63) is 41.5 Å². The van der Waals surface area contributed by atoms with E-state index in [1.165, 1.54) is 27.4 Å². The van der Waals surface area contributed by atoms with Gasteiger partial charge >= 0.3 is 0 Å². The second kappa shape index (κ2) is 6.27. The Balaban J connectivity index is 2.28. The Morgan fingerprint density at radius 3 is 2.30 bits per heavy atom. The van der Waals surface area contributed by atoms with Crippen LogP contribution in [0.5, 0.6) is 5.75 Å². The summed E-state index contributed by atoms with van der Waals surface area (Å²) >= 11 is 0. The number of fused-ring (bicyclic) bond motifs is 3. The Bertz CT molecular complexity index is 827. The second-order valence-corrected chi connectivity index (χ2v) is 7.36. The Morgan fingerprint density at radius 1 is 0.913 bits per heavy atom. The van der Waals surface area contributed by atoms with E-state index in [4.69, 9.17) is 4.74 Å². The third-order valence-electron chi connectivity index (χ3n) is 4.42. The molecule has 2 aromatic carbocycles. The third kappa shape index (κ3) is 3.08. The molecule has 0 amide bonds. The van der Waals surface area contributed by atoms with Crippen molar-refractivity contribution >= 4 is 21.8 Å². The molecule has 2 nitrogen and oxygen atoms in total. The molecule has 0 atom stereocenters. The van der Waals surface area contributed by atoms with Gasteiger partial charge in [-0.3, -0.25) is 0 Å². The van der Waals surface area contributed by atoms with Crippen LogP contribution >= 0.6 is 0 Å². The van der Waals surface area contributed by atoms with Gasteiger partial charge in [-0.15, -0.1) is 0 Å². The minimum absolute atomic E-state index is 0.648. The molecule has 2 heteroatoms. The van der Waals surface area contributed by atoms with Gasteiger partial charge in [0.25, 0.3) is 0 Å². The molecule has 0 spiro atoms. The van der Waals surface area contributed by atoms with Crippen LogP contribution in [0.2, 0.25) is 0 Å². The molecule has 3 aromatic rings. The molecular formula is C21H27NO. The number of aromatic amines is 1. The zero-order chi connectivity index (χ0) is 16.6. The van der Waals surface area contributed by atoms with E-state index in [9.17, 15) is 0 Å². The first-order valence-electron chi connectivity index (χ1n) is 8.59. The number of methoxy groups -OCH3 is 1. The van der Waals surface area contributed by atoms with Crippen LogP contribution in [0.3, 0.4) is 0 Å². The van der Waals surface area contributed by atoms with Gasteiger partial charge in [0.1, 0.15) is 5.75 Å². The molecule has 1 N–H and O–H groups in total. The van der Waals surface area contributed by atoms with Crippen molar-refractivity contribution in [2.24, 2.45) is 11.8 Å². The molecule has 0 unspecified atom stereocenters. The summed E-state index contributed by atoms with van der Waals surface area (Å²) in [5.41, 5.74) is 5.41. The lowest BCUT2D eigenvalue weighted by molar-refractivity contribution is 0.415. The molecule has 0 saturated heterocycles. The second-order valence-electron chi connectivity index (χ2n) is 7.36. The van der Waals surface area contributed by atoms with Gasteiger partial charge in [0, 0.05) is 22.4 Å². The lowest BCUT2D eigenvalue weighted by atomic mass is 9.89. The summed E-state index contributed by atoms with van der Waals surface area (Å²) in [6, 6.07) is 10.9. The molecule has 1 heterocycles. The van der Waals surface area contributed by atoms with Gasteiger partial charge in [-0.2, -0.15) is 0 Å². The molecule has 0 bridgehead atoms. The van der Waals surface area contributed by atoms with Crippen LogP contribution in [0, 0.1) is 11.8 Å². The summed E-state index contributed by atoms with van der Waals surface area (Å²) in [6.07, 6.45) is 2.26. The maximum absolute atomic E-state index is 5.37. The van der Waals surface area contributed by atoms with Gasteiger partial charge in [-0.25, -0.2) is 0 Å². The number of nitrogens with one attached hydrogen (secondary N) is 1. The highest BCUT2D eigenvalue weighted by Crippen LogP contribution is 2.34. The molecule has 0 radical (unpaired) electrons. The fourth-order valence-electron chi connectivity index (χ4n) is 3.49. The number of aromatic nitrogens is 1. The van der Waals surface area contributed by atoms with Gasteiger partial charge in [-0.05, 0) is 54.0 Å². The van der Waals surface area contributed by atoms with E-state index >= 15 is 0 Å². The molecule has 1 aromatic heterocycles. The fraction of sp³-hybridized carbons (Fsp3) is 0.429. The average molecular weight is 309 g/mol. The summed E-state index contributed by atoms with van der Waals surface area (Å²) in [5, 5.41) is 2.71. The highest BCUT2D eigenvalue weighted by molar-refractivity contribution is 6.09. The molecular weight excluding hydrogens is 282 g/mol. The van der Waals surface area contributed by atoms with E-state index in [1.807, 2.05) is 0 Å². The molecule has 0 fully saturated rings. The van der Waals surface area contributed by atoms with Gasteiger partial charge in [0.15, 0.2) is 0 Å². The third-order valence-corrected chi connectivity index (χ3v) is 4.42. The SMILES string of the molecule is COc1ccc2c(c1)[nH]c1ccc(CC(C)C)c(CC(C)C)c12. The Morgan fingerprint density at radius 2 is 1.65 bits per heavy atom. The minimum Gasteiger partial charge on any atom is -0.497 e. The lowest BCUT2D eigenvalue weighted by Crippen LogP contribution is -2.03. The fourth-order valence-corrected chi connectivity index (χ4v) is 3.49. The van der Waals surface area contributed by atoms with Gasteiger partial charge in [0.2, 0.25) is 0 Å². The number of ether oxygens (including phenoxy) is 1. The monoisotopic (exact) mass is 309 g/mol. The number of hydrogen-bond donors (Lipinski definition) is 1. The molecule has 122 valence electrons. The average Bonchev–Trinajstić information content (AvgIpc) is 2.86. The first kappa shape index (κ1) is 15.9. The molecule has 0 saturated carbocycles. The predicted molar refractivity (Wildman–Crippen MR) is 99.4 cm³/mol. The first-order chi connectivity index (χ1) is 11.0. The standard InChI is InChI=1S/C21H27NO/c1-13(2)10-15-6-9-19-21(18(15)11-14(3)4)17-8-7-16(23-5)12-20(17)22-19/h6-9,12-14,22H,10-11H2,1-5H3. The highest BCUT2D eigenvalue weighted by atomic mass is 16.5. The summed E-state index contributed by atoms with van der Waals surface area (Å²) in [6.45, 7) is 9.19. The Kier molecular flexibility index (Phi) is 4.34. The number of hydrogen-bond acceptors (Lipinski definition) is 1. The van der Waals surface area contributed by atoms with E-state index < -0.39 is 0 Å². The van der Waals surface area contributed by atoms with Crippen molar-refractivity contribution in [3.8, 4) is 5.75 Å². The van der Waals surface area contributed by atoms with Crippen LogP contribution in [0.1, 0.15) is 38.8 Å². The number of rotatable bonds is 5. The summed E-state index contributed by atoms with van der Waals surface area (Å²) in [5.74, 6) is 2.22. The normalized spacial score (nSPS) is 12.0. The first-order valence-corrected chi connectivity index (χ1v) is 8.59. The van der Waals surface area contributed by atoms with Gasteiger partial charge in [0.05, 0.1) is 12.6 Å². The van der Waals surface area contributed by atoms with E-state index in [1.54, 1.807) is 7.11 Å². The molecule has 3 rings (SSSR count). The largest absolute Gasteiger partial charge is 0.497 e. The van der Waals surface area contributed by atoms with E-state index in [0.29, 0.717) is 11.8 Å². The van der Waals surface area contributed by atoms with Crippen LogP contribution in [0.25, 0.3) is 21.8 Å². The summed E-state index contributed by atoms with van der Waals surface area (Å²) in [7, 11) is 1.72. The van der Waals surface area contributed by atoms with Crippen molar-refractivity contribution in [2.45, 2.75) is 40.5 Å². The predicted octanol–water partition coefficient (Wildman–Crippen LogP) is 5.73. The van der Waals surface area contributed by atoms with Crippen molar-refractivity contribution < 1.29 is 4.74 Å². The topological polar surface area (TPSA) is 25.0 Å². The van der Waals surface area contributed by atoms with Crippen molar-refractivity contribution in [1.82, 2.24) is 4.98 Å². The summed E-state index contributed by atoms with van der Waals surface area (Å²) < 4.78 is 5.37. The lowest BCUT2D eigenvalue weighted by Gasteiger charge is -2.15. The highest BCUT2D eigenvalue weighted by Gasteiger charge is 2.15. The maximum atomic E-state index is 5.37.